The van der Waals surface area contributed by atoms with Gasteiger partial charge in [-0.3, -0.25) is 4.79 Å². The number of amides is 1. The molecule has 1 heterocycles. The van der Waals surface area contributed by atoms with Crippen molar-refractivity contribution in [3.05, 3.63) is 59.0 Å². The van der Waals surface area contributed by atoms with E-state index in [1.165, 1.54) is 0 Å². The van der Waals surface area contributed by atoms with Gasteiger partial charge in [0.15, 0.2) is 5.13 Å². The van der Waals surface area contributed by atoms with E-state index in [9.17, 15) is 9.90 Å². The van der Waals surface area contributed by atoms with Crippen molar-refractivity contribution in [1.29, 1.82) is 0 Å². The van der Waals surface area contributed by atoms with E-state index in [4.69, 9.17) is 5.73 Å². The summed E-state index contributed by atoms with van der Waals surface area (Å²) in [7, 11) is 0. The van der Waals surface area contributed by atoms with E-state index < -0.39 is 0 Å². The van der Waals surface area contributed by atoms with Crippen LogP contribution in [0.5, 0.6) is 5.75 Å². The summed E-state index contributed by atoms with van der Waals surface area (Å²) in [4.78, 5) is 17.2. The average molecular weight is 325 g/mol. The van der Waals surface area contributed by atoms with Crippen LogP contribution in [0, 0.1) is 6.92 Å². The van der Waals surface area contributed by atoms with Gasteiger partial charge in [-0.2, -0.15) is 0 Å². The topological polar surface area (TPSA) is 88.2 Å². The van der Waals surface area contributed by atoms with E-state index in [1.807, 2.05) is 37.3 Å². The number of aryl methyl sites for hydroxylation is 1. The number of hydrogen-bond donors (Lipinski definition) is 3. The third-order valence-electron chi connectivity index (χ3n) is 3.30. The van der Waals surface area contributed by atoms with E-state index in [0.29, 0.717) is 21.4 Å². The number of carbonyl (C=O) groups excluding carboxylic acids is 1. The third kappa shape index (κ3) is 3.17. The Balaban J connectivity index is 1.96. The van der Waals surface area contributed by atoms with Gasteiger partial charge in [-0.25, -0.2) is 4.98 Å². The Bertz CT molecular complexity index is 860. The van der Waals surface area contributed by atoms with Crippen LogP contribution in [0.2, 0.25) is 0 Å². The second-order valence-corrected chi connectivity index (χ2v) is 6.10. The number of phenols is 1. The number of carbonyl (C=O) groups is 1. The van der Waals surface area contributed by atoms with E-state index >= 15 is 0 Å². The van der Waals surface area contributed by atoms with E-state index in [-0.39, 0.29) is 11.7 Å². The second-order valence-electron chi connectivity index (χ2n) is 5.07. The number of nitrogens with zero attached hydrogens (tertiary/aromatic N) is 1. The Hall–Kier alpha value is -2.86. The zero-order valence-electron chi connectivity index (χ0n) is 12.4. The molecule has 3 aromatic rings. The maximum atomic E-state index is 12.6. The molecule has 0 aliphatic heterocycles. The van der Waals surface area contributed by atoms with Gasteiger partial charge < -0.3 is 16.2 Å². The molecule has 0 aliphatic carbocycles. The van der Waals surface area contributed by atoms with Gasteiger partial charge in [0.2, 0.25) is 0 Å². The van der Waals surface area contributed by atoms with E-state index in [0.717, 1.165) is 22.5 Å². The molecule has 0 bridgehead atoms. The van der Waals surface area contributed by atoms with Crippen molar-refractivity contribution in [3.63, 3.8) is 0 Å². The maximum absolute atomic E-state index is 12.6. The number of phenolic OH excluding ortho intramolecular Hbond substituents is 1. The smallest absolute Gasteiger partial charge is 0.268 e. The summed E-state index contributed by atoms with van der Waals surface area (Å²) in [5.74, 6) is -0.332. The van der Waals surface area contributed by atoms with Gasteiger partial charge in [0.1, 0.15) is 10.6 Å². The summed E-state index contributed by atoms with van der Waals surface area (Å²) in [6, 6.07) is 14.4. The van der Waals surface area contributed by atoms with Crippen LogP contribution in [0.1, 0.15) is 15.2 Å². The van der Waals surface area contributed by atoms with Crippen LogP contribution in [0.15, 0.2) is 48.5 Å². The molecule has 116 valence electrons. The molecule has 0 unspecified atom stereocenters. The van der Waals surface area contributed by atoms with Crippen molar-refractivity contribution in [3.8, 4) is 17.0 Å². The van der Waals surface area contributed by atoms with Crippen LogP contribution in [0.3, 0.4) is 0 Å². The highest BCUT2D eigenvalue weighted by atomic mass is 32.1. The largest absolute Gasteiger partial charge is 0.506 e. The lowest BCUT2D eigenvalue weighted by atomic mass is 10.1. The lowest BCUT2D eigenvalue weighted by Crippen LogP contribution is -2.11. The zero-order chi connectivity index (χ0) is 16.4. The van der Waals surface area contributed by atoms with Crippen molar-refractivity contribution < 1.29 is 9.90 Å². The predicted molar refractivity (Wildman–Crippen MR) is 92.8 cm³/mol. The van der Waals surface area contributed by atoms with Gasteiger partial charge in [-0.05, 0) is 24.6 Å². The van der Waals surface area contributed by atoms with Crippen LogP contribution in [-0.4, -0.2) is 16.0 Å². The number of nitrogens with one attached hydrogen (secondary N) is 1. The third-order valence-corrected chi connectivity index (χ3v) is 4.18. The Morgan fingerprint density at radius 3 is 2.70 bits per heavy atom. The molecule has 0 saturated heterocycles. The fourth-order valence-corrected chi connectivity index (χ4v) is 2.96. The first kappa shape index (κ1) is 15.1. The van der Waals surface area contributed by atoms with E-state index in [2.05, 4.69) is 10.3 Å². The highest BCUT2D eigenvalue weighted by Crippen LogP contribution is 2.31. The summed E-state index contributed by atoms with van der Waals surface area (Å²) in [5.41, 5.74) is 8.44. The van der Waals surface area contributed by atoms with Gasteiger partial charge in [-0.15, -0.1) is 0 Å². The molecule has 3 rings (SSSR count). The first-order valence-corrected chi connectivity index (χ1v) is 7.79. The van der Waals surface area contributed by atoms with Crippen LogP contribution in [-0.2, 0) is 0 Å². The van der Waals surface area contributed by atoms with Gasteiger partial charge in [0.05, 0.1) is 11.4 Å². The molecule has 1 amide bonds. The van der Waals surface area contributed by atoms with Gasteiger partial charge in [0, 0.05) is 5.56 Å². The number of thiazole rings is 1. The highest BCUT2D eigenvalue weighted by molar-refractivity contribution is 7.17. The molecule has 5 nitrogen and oxygen atoms in total. The number of rotatable bonds is 3. The molecule has 6 heteroatoms. The van der Waals surface area contributed by atoms with Crippen LogP contribution >= 0.6 is 11.3 Å². The SMILES string of the molecule is Cc1ccc(O)c(NC(=O)c2sc(N)nc2-c2ccccc2)c1. The van der Waals surface area contributed by atoms with Gasteiger partial charge >= 0.3 is 0 Å². The van der Waals surface area contributed by atoms with Gasteiger partial charge in [-0.1, -0.05) is 47.7 Å². The second kappa shape index (κ2) is 6.10. The zero-order valence-corrected chi connectivity index (χ0v) is 13.2. The minimum Gasteiger partial charge on any atom is -0.506 e. The number of aromatic nitrogens is 1. The molecule has 2 aromatic carbocycles. The van der Waals surface area contributed by atoms with Crippen LogP contribution < -0.4 is 11.1 Å². The number of nitrogen functional groups attached to an aromatic ring is 1. The molecular formula is C17H15N3O2S. The Morgan fingerprint density at radius 1 is 1.22 bits per heavy atom. The summed E-state index contributed by atoms with van der Waals surface area (Å²) in [6.45, 7) is 1.88. The summed E-state index contributed by atoms with van der Waals surface area (Å²) in [6.07, 6.45) is 0. The first-order valence-electron chi connectivity index (χ1n) is 6.97. The molecule has 1 aromatic heterocycles. The number of hydrogen-bond acceptors (Lipinski definition) is 5. The van der Waals surface area contributed by atoms with Crippen molar-refractivity contribution >= 4 is 28.1 Å². The van der Waals surface area contributed by atoms with Gasteiger partial charge in [0.25, 0.3) is 5.91 Å². The van der Waals surface area contributed by atoms with Crippen LogP contribution in [0.4, 0.5) is 10.8 Å². The summed E-state index contributed by atoms with van der Waals surface area (Å²) in [5, 5.41) is 12.9. The summed E-state index contributed by atoms with van der Waals surface area (Å²) >= 11 is 1.12. The van der Waals surface area contributed by atoms with Crippen molar-refractivity contribution in [1.82, 2.24) is 4.98 Å². The lowest BCUT2D eigenvalue weighted by molar-refractivity contribution is 0.103. The fraction of sp³-hybridized carbons (Fsp3) is 0.0588. The summed E-state index contributed by atoms with van der Waals surface area (Å²) < 4.78 is 0. The fourth-order valence-electron chi connectivity index (χ4n) is 2.21. The molecular weight excluding hydrogens is 310 g/mol. The molecule has 0 aliphatic rings. The molecule has 0 atom stereocenters. The Morgan fingerprint density at radius 2 is 1.96 bits per heavy atom. The lowest BCUT2D eigenvalue weighted by Gasteiger charge is -2.08. The standard InChI is InChI=1S/C17H15N3O2S/c1-10-7-8-13(21)12(9-10)19-16(22)15-14(20-17(18)23-15)11-5-3-2-4-6-11/h2-9,21H,1H3,(H2,18,20)(H,19,22). The van der Waals surface area contributed by atoms with E-state index in [1.54, 1.807) is 18.2 Å². The monoisotopic (exact) mass is 325 g/mol. The number of anilines is 2. The molecule has 4 N–H and O–H groups in total. The van der Waals surface area contributed by atoms with Crippen molar-refractivity contribution in [2.45, 2.75) is 6.92 Å². The number of nitrogens with two attached hydrogens (primary N) is 1. The number of benzene rings is 2. The minimum atomic E-state index is -0.348. The van der Waals surface area contributed by atoms with Crippen molar-refractivity contribution in [2.24, 2.45) is 0 Å². The Kier molecular flexibility index (Phi) is 3.99. The molecule has 0 radical (unpaired) electrons. The molecule has 0 spiro atoms. The average Bonchev–Trinajstić information content (AvgIpc) is 2.94. The molecule has 23 heavy (non-hydrogen) atoms. The quantitative estimate of drug-likeness (QED) is 0.641. The maximum Gasteiger partial charge on any atom is 0.268 e. The van der Waals surface area contributed by atoms with Crippen molar-refractivity contribution in [2.75, 3.05) is 11.1 Å². The molecule has 0 fully saturated rings. The highest BCUT2D eigenvalue weighted by Gasteiger charge is 2.19. The van der Waals surface area contributed by atoms with Crippen LogP contribution in [0.25, 0.3) is 11.3 Å². The minimum absolute atomic E-state index is 0.0164. The normalized spacial score (nSPS) is 10.5. The Labute approximate surface area is 137 Å². The first-order chi connectivity index (χ1) is 11.0. The number of aromatic hydroxyl groups is 1. The molecule has 0 saturated carbocycles. The predicted octanol–water partition coefficient (Wildman–Crippen LogP) is 3.66.